The molecule has 0 amide bonds. The van der Waals surface area contributed by atoms with E-state index >= 15 is 0 Å². The van der Waals surface area contributed by atoms with Gasteiger partial charge in [-0.3, -0.25) is 0 Å². The van der Waals surface area contributed by atoms with Gasteiger partial charge in [-0.05, 0) is 6.92 Å². The molecule has 0 aromatic rings. The maximum Gasteiger partial charge on any atom is 0.141 e. The summed E-state index contributed by atoms with van der Waals surface area (Å²) in [5.41, 5.74) is 5.20. The lowest BCUT2D eigenvalue weighted by Gasteiger charge is -2.02. The van der Waals surface area contributed by atoms with Gasteiger partial charge in [0.25, 0.3) is 0 Å². The number of rotatable bonds is 7. The predicted octanol–water partition coefficient (Wildman–Crippen LogP) is 0.176. The van der Waals surface area contributed by atoms with E-state index in [9.17, 15) is 0 Å². The molecule has 0 rings (SSSR count). The largest absolute Gasteiger partial charge is 0.409 e. The summed E-state index contributed by atoms with van der Waals surface area (Å²) in [5.74, 6) is 0.186. The van der Waals surface area contributed by atoms with E-state index in [0.29, 0.717) is 32.8 Å². The van der Waals surface area contributed by atoms with Crippen LogP contribution < -0.4 is 5.73 Å². The van der Waals surface area contributed by atoms with Gasteiger partial charge < -0.3 is 20.4 Å². The molecule has 0 unspecified atom stereocenters. The van der Waals surface area contributed by atoms with E-state index in [1.807, 2.05) is 6.92 Å². The van der Waals surface area contributed by atoms with Crippen LogP contribution >= 0.6 is 0 Å². The number of nitrogens with two attached hydrogens (primary N) is 1. The third kappa shape index (κ3) is 7.30. The molecular weight excluding hydrogens is 160 g/mol. The minimum atomic E-state index is 0.186. The van der Waals surface area contributed by atoms with Gasteiger partial charge in [-0.15, -0.1) is 0 Å². The summed E-state index contributed by atoms with van der Waals surface area (Å²) in [6.07, 6.45) is 0.447. The van der Waals surface area contributed by atoms with E-state index in [-0.39, 0.29) is 5.84 Å². The van der Waals surface area contributed by atoms with Gasteiger partial charge in [-0.25, -0.2) is 0 Å². The molecule has 5 heteroatoms. The highest BCUT2D eigenvalue weighted by molar-refractivity contribution is 5.79. The van der Waals surface area contributed by atoms with Gasteiger partial charge in [-0.1, -0.05) is 5.16 Å². The van der Waals surface area contributed by atoms with Crippen LogP contribution in [0.3, 0.4) is 0 Å². The first kappa shape index (κ1) is 11.2. The van der Waals surface area contributed by atoms with E-state index in [1.165, 1.54) is 0 Å². The average Bonchev–Trinajstić information content (AvgIpc) is 2.10. The van der Waals surface area contributed by atoms with Crippen LogP contribution in [0.5, 0.6) is 0 Å². The Bertz CT molecular complexity index is 128. The molecular formula is C7H16N2O3. The second kappa shape index (κ2) is 8.29. The van der Waals surface area contributed by atoms with E-state index in [4.69, 9.17) is 20.4 Å². The van der Waals surface area contributed by atoms with Gasteiger partial charge in [0.15, 0.2) is 0 Å². The molecule has 0 aliphatic heterocycles. The molecule has 0 aromatic heterocycles. The zero-order chi connectivity index (χ0) is 9.23. The molecule has 0 aliphatic rings. The number of hydrogen-bond acceptors (Lipinski definition) is 4. The van der Waals surface area contributed by atoms with Gasteiger partial charge in [0.1, 0.15) is 5.84 Å². The standard InChI is InChI=1S/C7H16N2O3/c1-2-11-5-6-12-4-3-7(8)9-10/h10H,2-6H2,1H3,(H2,8,9). The SMILES string of the molecule is CCOCCOCCC(N)=NO. The Morgan fingerprint density at radius 1 is 1.33 bits per heavy atom. The van der Waals surface area contributed by atoms with Gasteiger partial charge in [0.2, 0.25) is 0 Å². The second-order valence-corrected chi connectivity index (χ2v) is 2.15. The van der Waals surface area contributed by atoms with Gasteiger partial charge in [0, 0.05) is 13.0 Å². The first-order valence-corrected chi connectivity index (χ1v) is 3.93. The van der Waals surface area contributed by atoms with Crippen LogP contribution in [0.2, 0.25) is 0 Å². The van der Waals surface area contributed by atoms with Crippen molar-refractivity contribution in [2.24, 2.45) is 10.9 Å². The van der Waals surface area contributed by atoms with Crippen molar-refractivity contribution in [2.75, 3.05) is 26.4 Å². The fourth-order valence-corrected chi connectivity index (χ4v) is 0.591. The Balaban J connectivity index is 3.00. The Morgan fingerprint density at radius 2 is 2.00 bits per heavy atom. The summed E-state index contributed by atoms with van der Waals surface area (Å²) in [5, 5.41) is 11.0. The van der Waals surface area contributed by atoms with Crippen LogP contribution in [0.25, 0.3) is 0 Å². The number of amidine groups is 1. The highest BCUT2D eigenvalue weighted by Gasteiger charge is 1.92. The van der Waals surface area contributed by atoms with Crippen molar-refractivity contribution >= 4 is 5.84 Å². The molecule has 0 aliphatic carbocycles. The molecule has 0 aromatic carbocycles. The highest BCUT2D eigenvalue weighted by Crippen LogP contribution is 1.83. The van der Waals surface area contributed by atoms with Crippen LogP contribution in [-0.4, -0.2) is 37.5 Å². The molecule has 3 N–H and O–H groups in total. The molecule has 0 saturated carbocycles. The summed E-state index contributed by atoms with van der Waals surface area (Å²) >= 11 is 0. The molecule has 0 saturated heterocycles. The summed E-state index contributed by atoms with van der Waals surface area (Å²) in [4.78, 5) is 0. The average molecular weight is 176 g/mol. The van der Waals surface area contributed by atoms with Crippen LogP contribution in [0.1, 0.15) is 13.3 Å². The molecule has 0 bridgehead atoms. The van der Waals surface area contributed by atoms with Crippen LogP contribution in [-0.2, 0) is 9.47 Å². The van der Waals surface area contributed by atoms with Crippen LogP contribution in [0.4, 0.5) is 0 Å². The van der Waals surface area contributed by atoms with Gasteiger partial charge in [0.05, 0.1) is 19.8 Å². The van der Waals surface area contributed by atoms with Crippen LogP contribution in [0, 0.1) is 0 Å². The van der Waals surface area contributed by atoms with Crippen molar-refractivity contribution in [3.63, 3.8) is 0 Å². The molecule has 12 heavy (non-hydrogen) atoms. The molecule has 0 heterocycles. The number of hydrogen-bond donors (Lipinski definition) is 2. The lowest BCUT2D eigenvalue weighted by Crippen LogP contribution is -2.15. The van der Waals surface area contributed by atoms with Crippen molar-refractivity contribution in [3.05, 3.63) is 0 Å². The number of nitrogens with zero attached hydrogens (tertiary/aromatic N) is 1. The molecule has 0 fully saturated rings. The molecule has 5 nitrogen and oxygen atoms in total. The van der Waals surface area contributed by atoms with Crippen molar-refractivity contribution in [2.45, 2.75) is 13.3 Å². The Hall–Kier alpha value is -0.810. The zero-order valence-corrected chi connectivity index (χ0v) is 7.32. The van der Waals surface area contributed by atoms with Crippen LogP contribution in [0.15, 0.2) is 5.16 Å². The van der Waals surface area contributed by atoms with E-state index in [0.717, 1.165) is 0 Å². The summed E-state index contributed by atoms with van der Waals surface area (Å²) in [6, 6.07) is 0. The Morgan fingerprint density at radius 3 is 2.58 bits per heavy atom. The second-order valence-electron chi connectivity index (χ2n) is 2.15. The van der Waals surface area contributed by atoms with Crippen molar-refractivity contribution in [3.8, 4) is 0 Å². The normalized spacial score (nSPS) is 11.9. The van der Waals surface area contributed by atoms with E-state index in [1.54, 1.807) is 0 Å². The van der Waals surface area contributed by atoms with E-state index < -0.39 is 0 Å². The summed E-state index contributed by atoms with van der Waals surface area (Å²) < 4.78 is 10.1. The molecule has 0 spiro atoms. The van der Waals surface area contributed by atoms with E-state index in [2.05, 4.69) is 5.16 Å². The lowest BCUT2D eigenvalue weighted by molar-refractivity contribution is 0.0555. The lowest BCUT2D eigenvalue weighted by atomic mass is 10.4. The van der Waals surface area contributed by atoms with Gasteiger partial charge in [-0.2, -0.15) is 0 Å². The highest BCUT2D eigenvalue weighted by atomic mass is 16.5. The van der Waals surface area contributed by atoms with Crippen molar-refractivity contribution < 1.29 is 14.7 Å². The molecule has 72 valence electrons. The fourth-order valence-electron chi connectivity index (χ4n) is 0.591. The maximum absolute atomic E-state index is 8.16. The fraction of sp³-hybridized carbons (Fsp3) is 0.857. The Kier molecular flexibility index (Phi) is 7.73. The van der Waals surface area contributed by atoms with Gasteiger partial charge >= 0.3 is 0 Å². The number of ether oxygens (including phenoxy) is 2. The smallest absolute Gasteiger partial charge is 0.141 e. The topological polar surface area (TPSA) is 77.1 Å². The third-order valence-corrected chi connectivity index (χ3v) is 1.21. The number of oxime groups is 1. The molecule has 0 atom stereocenters. The minimum absolute atomic E-state index is 0.186. The minimum Gasteiger partial charge on any atom is -0.409 e. The summed E-state index contributed by atoms with van der Waals surface area (Å²) in [6.45, 7) is 4.22. The summed E-state index contributed by atoms with van der Waals surface area (Å²) in [7, 11) is 0. The van der Waals surface area contributed by atoms with Crippen molar-refractivity contribution in [1.29, 1.82) is 0 Å². The molecule has 0 radical (unpaired) electrons. The maximum atomic E-state index is 8.16. The zero-order valence-electron chi connectivity index (χ0n) is 7.32. The van der Waals surface area contributed by atoms with Crippen molar-refractivity contribution in [1.82, 2.24) is 0 Å². The third-order valence-electron chi connectivity index (χ3n) is 1.21. The first-order chi connectivity index (χ1) is 5.81. The predicted molar refractivity (Wildman–Crippen MR) is 45.3 cm³/mol. The first-order valence-electron chi connectivity index (χ1n) is 3.93. The monoisotopic (exact) mass is 176 g/mol. The quantitative estimate of drug-likeness (QED) is 0.191. The Labute approximate surface area is 72.1 Å².